The van der Waals surface area contributed by atoms with Crippen molar-refractivity contribution in [3.8, 4) is 5.75 Å². The van der Waals surface area contributed by atoms with Crippen molar-refractivity contribution in [1.82, 2.24) is 0 Å². The average Bonchev–Trinajstić information content (AvgIpc) is 2.24. The van der Waals surface area contributed by atoms with Gasteiger partial charge in [-0.3, -0.25) is 0 Å². The summed E-state index contributed by atoms with van der Waals surface area (Å²) in [6, 6.07) is 3.48. The summed E-state index contributed by atoms with van der Waals surface area (Å²) < 4.78 is 43.0. The van der Waals surface area contributed by atoms with Crippen LogP contribution in [-0.2, 0) is 6.18 Å². The van der Waals surface area contributed by atoms with Gasteiger partial charge < -0.3 is 4.74 Å². The molecule has 0 aliphatic heterocycles. The molecule has 0 spiro atoms. The maximum absolute atomic E-state index is 12.6. The highest BCUT2D eigenvalue weighted by Crippen LogP contribution is 2.32. The van der Waals surface area contributed by atoms with Crippen LogP contribution in [0.15, 0.2) is 24.8 Å². The van der Waals surface area contributed by atoms with Crippen LogP contribution in [0.1, 0.15) is 25.0 Å². The predicted octanol–water partition coefficient (Wildman–Crippen LogP) is 4.08. The number of rotatable bonds is 4. The molecule has 1 aromatic carbocycles. The number of ether oxygens (including phenoxy) is 1. The first-order chi connectivity index (χ1) is 7.82. The molecule has 4 heteroatoms. The Morgan fingerprint density at radius 1 is 1.29 bits per heavy atom. The molecule has 0 atom stereocenters. The van der Waals surface area contributed by atoms with Gasteiger partial charge in [-0.15, -0.1) is 0 Å². The molecule has 0 aromatic heterocycles. The van der Waals surface area contributed by atoms with Crippen molar-refractivity contribution in [3.05, 3.63) is 42.0 Å². The van der Waals surface area contributed by atoms with E-state index in [-0.39, 0.29) is 17.2 Å². The monoisotopic (exact) mass is 243 g/mol. The van der Waals surface area contributed by atoms with Crippen LogP contribution in [0.25, 0.3) is 0 Å². The molecule has 0 amide bonds. The summed E-state index contributed by atoms with van der Waals surface area (Å²) in [7, 11) is 0. The van der Waals surface area contributed by atoms with Gasteiger partial charge in [-0.05, 0) is 35.8 Å². The minimum atomic E-state index is -4.39. The molecule has 0 fully saturated rings. The van der Waals surface area contributed by atoms with Gasteiger partial charge in [0.2, 0.25) is 0 Å². The van der Waals surface area contributed by atoms with Gasteiger partial charge in [0.25, 0.3) is 0 Å². The van der Waals surface area contributed by atoms with E-state index in [1.165, 1.54) is 6.07 Å². The fourth-order valence-corrected chi connectivity index (χ4v) is 1.21. The summed E-state index contributed by atoms with van der Waals surface area (Å²) in [5, 5.41) is 0. The van der Waals surface area contributed by atoms with E-state index in [0.717, 1.165) is 12.1 Å². The Balaban J connectivity index is 3.01. The normalized spacial score (nSPS) is 11.6. The highest BCUT2D eigenvalue weighted by molar-refractivity contribution is 5.38. The maximum atomic E-state index is 12.6. The lowest BCUT2D eigenvalue weighted by Gasteiger charge is -2.13. The van der Waals surface area contributed by atoms with Gasteiger partial charge in [0.15, 0.2) is 0 Å². The maximum Gasteiger partial charge on any atom is 0.416 e. The molecular formula is C13H14F3O. The van der Waals surface area contributed by atoms with Crippen LogP contribution in [0.4, 0.5) is 13.2 Å². The van der Waals surface area contributed by atoms with Crippen LogP contribution in [0.2, 0.25) is 0 Å². The minimum Gasteiger partial charge on any atom is -0.493 e. The average molecular weight is 243 g/mol. The van der Waals surface area contributed by atoms with Crippen LogP contribution in [0.3, 0.4) is 0 Å². The van der Waals surface area contributed by atoms with Crippen LogP contribution < -0.4 is 4.74 Å². The van der Waals surface area contributed by atoms with E-state index in [1.54, 1.807) is 0 Å². The lowest BCUT2D eigenvalue weighted by atomic mass is 10.1. The number of hydrogen-bond acceptors (Lipinski definition) is 1. The number of alkyl halides is 3. The Kier molecular flexibility index (Phi) is 4.21. The van der Waals surface area contributed by atoms with E-state index in [0.29, 0.717) is 6.61 Å². The molecule has 1 nitrogen and oxygen atoms in total. The topological polar surface area (TPSA) is 9.23 Å². The summed E-state index contributed by atoms with van der Waals surface area (Å²) in [4.78, 5) is 0. The standard InChI is InChI=1S/C13H14F3O/c1-4-10-5-11(13(14,15)16)7-12(6-10)17-8-9(2)3/h5-7,9H,1,8H2,2-3H3. The quantitative estimate of drug-likeness (QED) is 0.774. The first kappa shape index (κ1) is 13.6. The second-order valence-electron chi connectivity index (χ2n) is 4.13. The van der Waals surface area contributed by atoms with Gasteiger partial charge >= 0.3 is 6.18 Å². The molecule has 0 saturated carbocycles. The second kappa shape index (κ2) is 5.25. The van der Waals surface area contributed by atoms with Crippen LogP contribution in [-0.4, -0.2) is 6.61 Å². The number of hydrogen-bond donors (Lipinski definition) is 0. The Hall–Kier alpha value is -1.45. The summed E-state index contributed by atoms with van der Waals surface area (Å²) in [6.07, 6.45) is -1.95. The van der Waals surface area contributed by atoms with E-state index in [4.69, 9.17) is 4.74 Å². The Morgan fingerprint density at radius 2 is 1.94 bits per heavy atom. The van der Waals surface area contributed by atoms with Gasteiger partial charge in [-0.2, -0.15) is 13.2 Å². The highest BCUT2D eigenvalue weighted by Gasteiger charge is 2.31. The molecule has 0 aliphatic rings. The smallest absolute Gasteiger partial charge is 0.416 e. The molecule has 0 unspecified atom stereocenters. The third-order valence-electron chi connectivity index (χ3n) is 2.02. The van der Waals surface area contributed by atoms with Gasteiger partial charge in [0.1, 0.15) is 5.75 Å². The Morgan fingerprint density at radius 3 is 2.41 bits per heavy atom. The fraction of sp³-hybridized carbons (Fsp3) is 0.385. The molecule has 0 saturated heterocycles. The lowest BCUT2D eigenvalue weighted by Crippen LogP contribution is -2.08. The Labute approximate surface area is 98.9 Å². The van der Waals surface area contributed by atoms with E-state index in [1.807, 2.05) is 13.8 Å². The zero-order valence-corrected chi connectivity index (χ0v) is 9.77. The lowest BCUT2D eigenvalue weighted by molar-refractivity contribution is -0.137. The first-order valence-corrected chi connectivity index (χ1v) is 5.21. The van der Waals surface area contributed by atoms with Gasteiger partial charge in [0.05, 0.1) is 12.2 Å². The highest BCUT2D eigenvalue weighted by atomic mass is 19.4. The van der Waals surface area contributed by atoms with Crippen molar-refractivity contribution in [2.45, 2.75) is 20.0 Å². The molecule has 1 aromatic rings. The Bertz CT molecular complexity index is 394. The SMILES string of the molecule is C=[C]c1cc(OCC(C)C)cc(C(F)(F)F)c1. The third-order valence-corrected chi connectivity index (χ3v) is 2.02. The summed E-state index contributed by atoms with van der Waals surface area (Å²) >= 11 is 0. The molecule has 0 heterocycles. The second-order valence-corrected chi connectivity index (χ2v) is 4.13. The van der Waals surface area contributed by atoms with Crippen molar-refractivity contribution in [2.24, 2.45) is 5.92 Å². The predicted molar refractivity (Wildman–Crippen MR) is 59.7 cm³/mol. The number of halogens is 3. The van der Waals surface area contributed by atoms with Crippen molar-refractivity contribution in [2.75, 3.05) is 6.61 Å². The van der Waals surface area contributed by atoms with Gasteiger partial charge in [0, 0.05) is 0 Å². The largest absolute Gasteiger partial charge is 0.493 e. The van der Waals surface area contributed by atoms with Crippen LogP contribution in [0.5, 0.6) is 5.75 Å². The number of benzene rings is 1. The molecule has 1 rings (SSSR count). The van der Waals surface area contributed by atoms with Crippen molar-refractivity contribution in [3.63, 3.8) is 0 Å². The molecular weight excluding hydrogens is 229 g/mol. The van der Waals surface area contributed by atoms with E-state index in [2.05, 4.69) is 12.7 Å². The third kappa shape index (κ3) is 4.13. The van der Waals surface area contributed by atoms with Gasteiger partial charge in [-0.1, -0.05) is 20.4 Å². The van der Waals surface area contributed by atoms with E-state index >= 15 is 0 Å². The molecule has 17 heavy (non-hydrogen) atoms. The molecule has 93 valence electrons. The van der Waals surface area contributed by atoms with E-state index < -0.39 is 11.7 Å². The van der Waals surface area contributed by atoms with Crippen LogP contribution in [0, 0.1) is 12.0 Å². The minimum absolute atomic E-state index is 0.194. The zero-order valence-electron chi connectivity index (χ0n) is 9.77. The first-order valence-electron chi connectivity index (χ1n) is 5.21. The summed E-state index contributed by atoms with van der Waals surface area (Å²) in [6.45, 7) is 7.56. The zero-order chi connectivity index (χ0) is 13.1. The van der Waals surface area contributed by atoms with Crippen molar-refractivity contribution in [1.29, 1.82) is 0 Å². The molecule has 0 N–H and O–H groups in total. The molecule has 0 bridgehead atoms. The van der Waals surface area contributed by atoms with Crippen molar-refractivity contribution >= 4 is 0 Å². The summed E-state index contributed by atoms with van der Waals surface area (Å²) in [5.74, 6) is 0.445. The van der Waals surface area contributed by atoms with Crippen LogP contribution >= 0.6 is 0 Å². The van der Waals surface area contributed by atoms with E-state index in [9.17, 15) is 13.2 Å². The van der Waals surface area contributed by atoms with Gasteiger partial charge in [-0.25, -0.2) is 0 Å². The molecule has 1 radical (unpaired) electrons. The molecule has 0 aliphatic carbocycles. The van der Waals surface area contributed by atoms with Crippen molar-refractivity contribution < 1.29 is 17.9 Å². The summed E-state index contributed by atoms with van der Waals surface area (Å²) in [5.41, 5.74) is -0.469. The fourth-order valence-electron chi connectivity index (χ4n) is 1.21.